The van der Waals surface area contributed by atoms with Crippen LogP contribution in [0.4, 0.5) is 0 Å². The Morgan fingerprint density at radius 1 is 1.18 bits per heavy atom. The molecule has 0 saturated carbocycles. The fraction of sp³-hybridized carbons (Fsp3) is 0.235. The van der Waals surface area contributed by atoms with Crippen molar-refractivity contribution in [2.75, 3.05) is 7.11 Å². The van der Waals surface area contributed by atoms with Crippen molar-refractivity contribution in [3.63, 3.8) is 0 Å². The molecule has 1 N–H and O–H groups in total. The van der Waals surface area contributed by atoms with Crippen molar-refractivity contribution in [3.8, 4) is 5.75 Å². The highest BCUT2D eigenvalue weighted by molar-refractivity contribution is 6.07. The van der Waals surface area contributed by atoms with Gasteiger partial charge in [0.15, 0.2) is 5.58 Å². The van der Waals surface area contributed by atoms with Crippen LogP contribution in [0.25, 0.3) is 28.0 Å². The van der Waals surface area contributed by atoms with E-state index in [0.717, 1.165) is 5.39 Å². The van der Waals surface area contributed by atoms with Crippen LogP contribution in [0.15, 0.2) is 44.2 Å². The van der Waals surface area contributed by atoms with Crippen LogP contribution in [-0.2, 0) is 0 Å². The van der Waals surface area contributed by atoms with Crippen molar-refractivity contribution in [3.05, 3.63) is 46.5 Å². The van der Waals surface area contributed by atoms with Crippen molar-refractivity contribution >= 4 is 28.0 Å². The molecule has 114 valence electrons. The lowest BCUT2D eigenvalue weighted by atomic mass is 10.0. The lowest BCUT2D eigenvalue weighted by molar-refractivity contribution is 0.134. The lowest BCUT2D eigenvalue weighted by Gasteiger charge is -2.12. The van der Waals surface area contributed by atoms with Crippen LogP contribution in [0.5, 0.6) is 5.75 Å². The van der Waals surface area contributed by atoms with Crippen LogP contribution < -0.4 is 10.4 Å². The zero-order valence-corrected chi connectivity index (χ0v) is 12.5. The fourth-order valence-corrected chi connectivity index (χ4v) is 2.40. The van der Waals surface area contributed by atoms with Crippen LogP contribution in [-0.4, -0.2) is 17.8 Å². The van der Waals surface area contributed by atoms with Crippen molar-refractivity contribution in [2.24, 2.45) is 0 Å². The van der Waals surface area contributed by atoms with Gasteiger partial charge in [0.25, 0.3) is 0 Å². The molecule has 0 aliphatic heterocycles. The number of fused-ring (bicyclic) bond motifs is 2. The highest BCUT2D eigenvalue weighted by Gasteiger charge is 2.18. The maximum atomic E-state index is 11.6. The minimum atomic E-state index is -1.000. The number of hydrogen-bond donors (Lipinski definition) is 1. The number of furan rings is 1. The second-order valence-electron chi connectivity index (χ2n) is 5.59. The molecule has 5 nitrogen and oxygen atoms in total. The maximum absolute atomic E-state index is 11.6. The molecule has 0 atom stereocenters. The Labute approximate surface area is 126 Å². The number of benzene rings is 1. The summed E-state index contributed by atoms with van der Waals surface area (Å²) in [6.45, 7) is 3.31. The smallest absolute Gasteiger partial charge is 0.336 e. The Morgan fingerprint density at radius 2 is 1.91 bits per heavy atom. The van der Waals surface area contributed by atoms with Gasteiger partial charge in [0.2, 0.25) is 0 Å². The van der Waals surface area contributed by atoms with Gasteiger partial charge in [-0.05, 0) is 32.1 Å². The third kappa shape index (κ3) is 2.40. The first-order valence-corrected chi connectivity index (χ1v) is 6.83. The summed E-state index contributed by atoms with van der Waals surface area (Å²) in [5.41, 5.74) is 0.0424. The van der Waals surface area contributed by atoms with Gasteiger partial charge < -0.3 is 18.7 Å². The normalized spacial score (nSPS) is 12.5. The first kappa shape index (κ1) is 14.4. The van der Waals surface area contributed by atoms with Crippen molar-refractivity contribution in [2.45, 2.75) is 19.4 Å². The van der Waals surface area contributed by atoms with Gasteiger partial charge in [-0.3, -0.25) is 0 Å². The third-order valence-electron chi connectivity index (χ3n) is 3.34. The van der Waals surface area contributed by atoms with Crippen LogP contribution in [0, 0.1) is 0 Å². The fourth-order valence-electron chi connectivity index (χ4n) is 2.40. The molecule has 0 bridgehead atoms. The van der Waals surface area contributed by atoms with E-state index in [1.807, 2.05) is 0 Å². The quantitative estimate of drug-likeness (QED) is 0.751. The highest BCUT2D eigenvalue weighted by atomic mass is 16.5. The molecule has 0 spiro atoms. The van der Waals surface area contributed by atoms with E-state index in [-0.39, 0.29) is 0 Å². The predicted molar refractivity (Wildman–Crippen MR) is 84.1 cm³/mol. The number of ether oxygens (including phenoxy) is 1. The summed E-state index contributed by atoms with van der Waals surface area (Å²) in [7, 11) is 1.55. The molecule has 0 unspecified atom stereocenters. The SMILES string of the molecule is COc1c2ccoc2c(C=CC(C)(C)O)c2oc(=O)ccc12. The molecule has 1 aromatic carbocycles. The van der Waals surface area contributed by atoms with E-state index < -0.39 is 11.2 Å². The van der Waals surface area contributed by atoms with Crippen LogP contribution >= 0.6 is 0 Å². The minimum Gasteiger partial charge on any atom is -0.495 e. The topological polar surface area (TPSA) is 72.8 Å². The second-order valence-corrected chi connectivity index (χ2v) is 5.59. The van der Waals surface area contributed by atoms with E-state index in [9.17, 15) is 9.90 Å². The molecule has 3 rings (SSSR count). The zero-order chi connectivity index (χ0) is 15.9. The Morgan fingerprint density at radius 3 is 2.59 bits per heavy atom. The van der Waals surface area contributed by atoms with E-state index >= 15 is 0 Å². The first-order valence-electron chi connectivity index (χ1n) is 6.83. The summed E-state index contributed by atoms with van der Waals surface area (Å²) in [6, 6.07) is 4.80. The molecule has 0 aliphatic carbocycles. The zero-order valence-electron chi connectivity index (χ0n) is 12.5. The Balaban J connectivity index is 2.46. The van der Waals surface area contributed by atoms with E-state index in [2.05, 4.69) is 0 Å². The first-order chi connectivity index (χ1) is 10.4. The van der Waals surface area contributed by atoms with Gasteiger partial charge in [-0.2, -0.15) is 0 Å². The second kappa shape index (κ2) is 5.03. The van der Waals surface area contributed by atoms with Gasteiger partial charge in [0, 0.05) is 6.07 Å². The summed E-state index contributed by atoms with van der Waals surface area (Å²) in [4.78, 5) is 11.6. The number of hydrogen-bond acceptors (Lipinski definition) is 5. The highest BCUT2D eigenvalue weighted by Crippen LogP contribution is 2.39. The molecule has 3 aromatic rings. The van der Waals surface area contributed by atoms with Crippen LogP contribution in [0.3, 0.4) is 0 Å². The van der Waals surface area contributed by atoms with Gasteiger partial charge in [0.1, 0.15) is 11.3 Å². The lowest BCUT2D eigenvalue weighted by Crippen LogP contribution is -2.13. The van der Waals surface area contributed by atoms with Gasteiger partial charge in [-0.25, -0.2) is 4.79 Å². The van der Waals surface area contributed by atoms with Gasteiger partial charge in [0.05, 0.1) is 35.3 Å². The average molecular weight is 300 g/mol. The monoisotopic (exact) mass is 300 g/mol. The predicted octanol–water partition coefficient (Wildman–Crippen LogP) is 3.33. The minimum absolute atomic E-state index is 0.368. The molecule has 2 heterocycles. The maximum Gasteiger partial charge on any atom is 0.336 e. The van der Waals surface area contributed by atoms with Crippen molar-refractivity contribution in [1.29, 1.82) is 0 Å². The van der Waals surface area contributed by atoms with E-state index in [1.54, 1.807) is 51.5 Å². The molecule has 0 fully saturated rings. The van der Waals surface area contributed by atoms with Gasteiger partial charge in [-0.15, -0.1) is 0 Å². The standard InChI is InChI=1S/C17H16O5/c1-17(2,19)8-6-11-15-12(7-9-21-15)14(20-3)10-4-5-13(18)22-16(10)11/h4-9,19H,1-3H3. The van der Waals surface area contributed by atoms with Crippen LogP contribution in [0.1, 0.15) is 19.4 Å². The molecule has 22 heavy (non-hydrogen) atoms. The molecular weight excluding hydrogens is 284 g/mol. The summed E-state index contributed by atoms with van der Waals surface area (Å²) >= 11 is 0. The largest absolute Gasteiger partial charge is 0.495 e. The molecule has 0 radical (unpaired) electrons. The Hall–Kier alpha value is -2.53. The summed E-state index contributed by atoms with van der Waals surface area (Å²) in [5.74, 6) is 0.586. The Kier molecular flexibility index (Phi) is 3.30. The summed E-state index contributed by atoms with van der Waals surface area (Å²) in [5, 5.41) is 11.3. The summed E-state index contributed by atoms with van der Waals surface area (Å²) in [6.07, 6.45) is 4.85. The van der Waals surface area contributed by atoms with Gasteiger partial charge >= 0.3 is 5.63 Å². The molecule has 2 aromatic heterocycles. The van der Waals surface area contributed by atoms with Gasteiger partial charge in [-0.1, -0.05) is 6.08 Å². The average Bonchev–Trinajstić information content (AvgIpc) is 2.91. The number of rotatable bonds is 3. The molecule has 0 aliphatic rings. The van der Waals surface area contributed by atoms with Crippen LogP contribution in [0.2, 0.25) is 0 Å². The molecule has 0 amide bonds. The van der Waals surface area contributed by atoms with E-state index in [0.29, 0.717) is 27.9 Å². The molecule has 5 heteroatoms. The Bertz CT molecular complexity index is 922. The third-order valence-corrected chi connectivity index (χ3v) is 3.34. The van der Waals surface area contributed by atoms with E-state index in [4.69, 9.17) is 13.6 Å². The van der Waals surface area contributed by atoms with Crippen molar-refractivity contribution in [1.82, 2.24) is 0 Å². The number of aliphatic hydroxyl groups is 1. The van der Waals surface area contributed by atoms with E-state index in [1.165, 1.54) is 6.07 Å². The number of methoxy groups -OCH3 is 1. The van der Waals surface area contributed by atoms with Crippen molar-refractivity contribution < 1.29 is 18.7 Å². The molecular formula is C17H16O5. The summed E-state index contributed by atoms with van der Waals surface area (Å²) < 4.78 is 16.3. The molecule has 0 saturated heterocycles.